The smallest absolute Gasteiger partial charge is 0.242 e. The highest BCUT2D eigenvalue weighted by molar-refractivity contribution is 5.87. The molecule has 5 heteroatoms. The van der Waals surface area contributed by atoms with Crippen molar-refractivity contribution in [3.63, 3.8) is 0 Å². The summed E-state index contributed by atoms with van der Waals surface area (Å²) in [5.74, 6) is -0.915. The van der Waals surface area contributed by atoms with Crippen molar-refractivity contribution in [3.05, 3.63) is 35.6 Å². The lowest BCUT2D eigenvalue weighted by Crippen LogP contribution is -2.45. The highest BCUT2D eigenvalue weighted by Crippen LogP contribution is 2.04. The molecule has 0 aliphatic rings. The van der Waals surface area contributed by atoms with E-state index in [0.717, 1.165) is 0 Å². The molecular formula is C13H17FN2O2. The van der Waals surface area contributed by atoms with Gasteiger partial charge in [-0.1, -0.05) is 12.1 Å². The minimum atomic E-state index is -0.592. The van der Waals surface area contributed by atoms with E-state index in [-0.39, 0.29) is 24.1 Å². The molecule has 0 radical (unpaired) electrons. The lowest BCUT2D eigenvalue weighted by molar-refractivity contribution is -0.128. The van der Waals surface area contributed by atoms with Gasteiger partial charge in [-0.25, -0.2) is 4.39 Å². The molecule has 0 aliphatic heterocycles. The number of carbonyl (C=O) groups excluding carboxylic acids is 2. The summed E-state index contributed by atoms with van der Waals surface area (Å²) < 4.78 is 12.9. The van der Waals surface area contributed by atoms with Gasteiger partial charge in [-0.2, -0.15) is 0 Å². The second kappa shape index (κ2) is 6.74. The Kier molecular flexibility index (Phi) is 5.30. The Morgan fingerprint density at radius 2 is 2.11 bits per heavy atom. The molecule has 2 amide bonds. The van der Waals surface area contributed by atoms with Crippen LogP contribution >= 0.6 is 0 Å². The number of rotatable bonds is 5. The summed E-state index contributed by atoms with van der Waals surface area (Å²) >= 11 is 0. The summed E-state index contributed by atoms with van der Waals surface area (Å²) in [6, 6.07) is 5.24. The second-order valence-corrected chi connectivity index (χ2v) is 3.99. The first-order valence-corrected chi connectivity index (χ1v) is 5.84. The van der Waals surface area contributed by atoms with Crippen LogP contribution in [0.3, 0.4) is 0 Å². The van der Waals surface area contributed by atoms with Crippen LogP contribution in [0.2, 0.25) is 0 Å². The van der Waals surface area contributed by atoms with E-state index in [1.54, 1.807) is 26.0 Å². The molecule has 0 saturated heterocycles. The normalized spacial score (nSPS) is 11.7. The average Bonchev–Trinajstić information content (AvgIpc) is 2.28. The van der Waals surface area contributed by atoms with Gasteiger partial charge in [0.15, 0.2) is 0 Å². The predicted octanol–water partition coefficient (Wildman–Crippen LogP) is 1.01. The Balaban J connectivity index is 2.49. The Bertz CT molecular complexity index is 435. The van der Waals surface area contributed by atoms with Crippen LogP contribution in [0, 0.1) is 5.82 Å². The molecule has 0 aromatic heterocycles. The third kappa shape index (κ3) is 4.53. The molecule has 0 aliphatic carbocycles. The van der Waals surface area contributed by atoms with Crippen LogP contribution in [-0.4, -0.2) is 24.4 Å². The SMILES string of the molecule is CCNC(=O)[C@H](C)NC(=O)Cc1cccc(F)c1. The van der Waals surface area contributed by atoms with Crippen molar-refractivity contribution >= 4 is 11.8 Å². The molecule has 0 heterocycles. The number of likely N-dealkylation sites (N-methyl/N-ethyl adjacent to an activating group) is 1. The average molecular weight is 252 g/mol. The molecule has 0 spiro atoms. The number of hydrogen-bond acceptors (Lipinski definition) is 2. The summed E-state index contributed by atoms with van der Waals surface area (Å²) in [6.45, 7) is 3.93. The van der Waals surface area contributed by atoms with E-state index >= 15 is 0 Å². The van der Waals surface area contributed by atoms with E-state index in [9.17, 15) is 14.0 Å². The Morgan fingerprint density at radius 3 is 2.72 bits per heavy atom. The van der Waals surface area contributed by atoms with E-state index in [1.807, 2.05) is 0 Å². The van der Waals surface area contributed by atoms with Crippen molar-refractivity contribution in [2.75, 3.05) is 6.54 Å². The number of halogens is 1. The summed E-state index contributed by atoms with van der Waals surface area (Å²) in [4.78, 5) is 23.0. The van der Waals surface area contributed by atoms with Crippen molar-refractivity contribution in [1.29, 1.82) is 0 Å². The maximum Gasteiger partial charge on any atom is 0.242 e. The molecule has 0 bridgehead atoms. The van der Waals surface area contributed by atoms with Crippen molar-refractivity contribution in [2.45, 2.75) is 26.3 Å². The molecule has 1 rings (SSSR count). The Hall–Kier alpha value is -1.91. The fourth-order valence-corrected chi connectivity index (χ4v) is 1.52. The number of amides is 2. The zero-order valence-corrected chi connectivity index (χ0v) is 10.5. The van der Waals surface area contributed by atoms with E-state index in [4.69, 9.17) is 0 Å². The molecule has 4 nitrogen and oxygen atoms in total. The van der Waals surface area contributed by atoms with E-state index in [2.05, 4.69) is 10.6 Å². The van der Waals surface area contributed by atoms with Gasteiger partial charge >= 0.3 is 0 Å². The second-order valence-electron chi connectivity index (χ2n) is 3.99. The lowest BCUT2D eigenvalue weighted by atomic mass is 10.1. The molecule has 1 atom stereocenters. The first-order chi connectivity index (χ1) is 8.52. The van der Waals surface area contributed by atoms with Gasteiger partial charge in [0.05, 0.1) is 6.42 Å². The summed E-state index contributed by atoms with van der Waals surface area (Å²) in [6.07, 6.45) is 0.0570. The van der Waals surface area contributed by atoms with Gasteiger partial charge in [-0.15, -0.1) is 0 Å². The maximum absolute atomic E-state index is 12.9. The largest absolute Gasteiger partial charge is 0.355 e. The van der Waals surface area contributed by atoms with Gasteiger partial charge < -0.3 is 10.6 Å². The van der Waals surface area contributed by atoms with Gasteiger partial charge in [0, 0.05) is 6.54 Å². The fourth-order valence-electron chi connectivity index (χ4n) is 1.52. The van der Waals surface area contributed by atoms with Gasteiger partial charge in [-0.05, 0) is 31.5 Å². The minimum Gasteiger partial charge on any atom is -0.355 e. The van der Waals surface area contributed by atoms with E-state index in [1.165, 1.54) is 12.1 Å². The molecular weight excluding hydrogens is 235 g/mol. The Morgan fingerprint density at radius 1 is 1.39 bits per heavy atom. The van der Waals surface area contributed by atoms with Crippen molar-refractivity contribution < 1.29 is 14.0 Å². The number of nitrogens with one attached hydrogen (secondary N) is 2. The van der Waals surface area contributed by atoms with Crippen LogP contribution in [-0.2, 0) is 16.0 Å². The molecule has 1 aromatic carbocycles. The Labute approximate surface area is 106 Å². The number of carbonyl (C=O) groups is 2. The van der Waals surface area contributed by atoms with Crippen LogP contribution in [0.5, 0.6) is 0 Å². The van der Waals surface area contributed by atoms with Crippen molar-refractivity contribution in [2.24, 2.45) is 0 Å². The highest BCUT2D eigenvalue weighted by atomic mass is 19.1. The van der Waals surface area contributed by atoms with Crippen LogP contribution in [0.4, 0.5) is 4.39 Å². The monoisotopic (exact) mass is 252 g/mol. The number of hydrogen-bond donors (Lipinski definition) is 2. The van der Waals surface area contributed by atoms with E-state index < -0.39 is 6.04 Å². The maximum atomic E-state index is 12.9. The van der Waals surface area contributed by atoms with Crippen LogP contribution in [0.1, 0.15) is 19.4 Å². The minimum absolute atomic E-state index is 0.0570. The van der Waals surface area contributed by atoms with Crippen LogP contribution in [0.25, 0.3) is 0 Å². The third-order valence-corrected chi connectivity index (χ3v) is 2.38. The summed E-state index contributed by atoms with van der Waals surface area (Å²) in [7, 11) is 0. The zero-order chi connectivity index (χ0) is 13.5. The molecule has 18 heavy (non-hydrogen) atoms. The molecule has 0 fully saturated rings. The van der Waals surface area contributed by atoms with Crippen molar-refractivity contribution in [3.8, 4) is 0 Å². The topological polar surface area (TPSA) is 58.2 Å². The van der Waals surface area contributed by atoms with Gasteiger partial charge in [0.2, 0.25) is 11.8 Å². The van der Waals surface area contributed by atoms with Crippen molar-refractivity contribution in [1.82, 2.24) is 10.6 Å². The van der Waals surface area contributed by atoms with Crippen LogP contribution in [0.15, 0.2) is 24.3 Å². The molecule has 0 unspecified atom stereocenters. The van der Waals surface area contributed by atoms with E-state index in [0.29, 0.717) is 12.1 Å². The first kappa shape index (κ1) is 14.2. The number of benzene rings is 1. The highest BCUT2D eigenvalue weighted by Gasteiger charge is 2.14. The predicted molar refractivity (Wildman–Crippen MR) is 66.4 cm³/mol. The fraction of sp³-hybridized carbons (Fsp3) is 0.385. The standard InChI is InChI=1S/C13H17FN2O2/c1-3-15-13(18)9(2)16-12(17)8-10-5-4-6-11(14)7-10/h4-7,9H,3,8H2,1-2H3,(H,15,18)(H,16,17)/t9-/m0/s1. The quantitative estimate of drug-likeness (QED) is 0.821. The lowest BCUT2D eigenvalue weighted by Gasteiger charge is -2.13. The summed E-state index contributed by atoms with van der Waals surface area (Å²) in [5, 5.41) is 5.17. The van der Waals surface area contributed by atoms with Gasteiger partial charge in [0.25, 0.3) is 0 Å². The molecule has 0 saturated carbocycles. The molecule has 2 N–H and O–H groups in total. The molecule has 1 aromatic rings. The first-order valence-electron chi connectivity index (χ1n) is 5.84. The third-order valence-electron chi connectivity index (χ3n) is 2.38. The zero-order valence-electron chi connectivity index (χ0n) is 10.5. The van der Waals surface area contributed by atoms with Gasteiger partial charge in [-0.3, -0.25) is 9.59 Å². The van der Waals surface area contributed by atoms with Gasteiger partial charge in [0.1, 0.15) is 11.9 Å². The summed E-state index contributed by atoms with van der Waals surface area (Å²) in [5.41, 5.74) is 0.579. The van der Waals surface area contributed by atoms with Crippen LogP contribution < -0.4 is 10.6 Å². The molecule has 98 valence electrons.